The van der Waals surface area contributed by atoms with E-state index in [2.05, 4.69) is 34.2 Å². The standard InChI is InChI=1S/C12H19ClN4/c1-3-17(2)7-6-14-11-8-10(13)15-12(16-11)9-4-5-9/h8-9H,3-7H2,1-2H3,(H,14,15,16). The fourth-order valence-corrected chi connectivity index (χ4v) is 1.77. The summed E-state index contributed by atoms with van der Waals surface area (Å²) >= 11 is 5.99. The predicted octanol–water partition coefficient (Wildman–Crippen LogP) is 2.37. The van der Waals surface area contributed by atoms with Crippen LogP contribution in [0.2, 0.25) is 5.15 Å². The molecular weight excluding hydrogens is 236 g/mol. The Kier molecular flexibility index (Phi) is 4.18. The van der Waals surface area contributed by atoms with Gasteiger partial charge in [0.1, 0.15) is 16.8 Å². The van der Waals surface area contributed by atoms with Crippen molar-refractivity contribution >= 4 is 17.4 Å². The van der Waals surface area contributed by atoms with Crippen molar-refractivity contribution in [3.8, 4) is 0 Å². The van der Waals surface area contributed by atoms with Crippen LogP contribution in [0.3, 0.4) is 0 Å². The van der Waals surface area contributed by atoms with Gasteiger partial charge in [0.25, 0.3) is 0 Å². The molecule has 1 N–H and O–H groups in total. The first-order chi connectivity index (χ1) is 8.19. The van der Waals surface area contributed by atoms with Crippen molar-refractivity contribution in [2.75, 3.05) is 32.0 Å². The van der Waals surface area contributed by atoms with Crippen molar-refractivity contribution in [3.05, 3.63) is 17.0 Å². The Bertz CT molecular complexity index is 379. The molecule has 1 heterocycles. The first-order valence-corrected chi connectivity index (χ1v) is 6.53. The third-order valence-electron chi connectivity index (χ3n) is 2.99. The Morgan fingerprint density at radius 2 is 2.24 bits per heavy atom. The molecule has 17 heavy (non-hydrogen) atoms. The van der Waals surface area contributed by atoms with Gasteiger partial charge in [0.2, 0.25) is 0 Å². The zero-order chi connectivity index (χ0) is 12.3. The highest BCUT2D eigenvalue weighted by molar-refractivity contribution is 6.29. The van der Waals surface area contributed by atoms with Crippen molar-refractivity contribution in [2.24, 2.45) is 0 Å². The van der Waals surface area contributed by atoms with Crippen molar-refractivity contribution in [2.45, 2.75) is 25.7 Å². The second-order valence-electron chi connectivity index (χ2n) is 4.53. The predicted molar refractivity (Wildman–Crippen MR) is 70.7 cm³/mol. The number of nitrogens with zero attached hydrogens (tertiary/aromatic N) is 3. The summed E-state index contributed by atoms with van der Waals surface area (Å²) < 4.78 is 0. The molecule has 1 fully saturated rings. The van der Waals surface area contributed by atoms with E-state index in [-0.39, 0.29) is 0 Å². The van der Waals surface area contributed by atoms with Crippen LogP contribution in [-0.2, 0) is 0 Å². The van der Waals surface area contributed by atoms with Crippen molar-refractivity contribution in [1.29, 1.82) is 0 Å². The minimum absolute atomic E-state index is 0.535. The van der Waals surface area contributed by atoms with Crippen molar-refractivity contribution in [1.82, 2.24) is 14.9 Å². The SMILES string of the molecule is CCN(C)CCNc1cc(Cl)nc(C2CC2)n1. The molecule has 5 heteroatoms. The second-order valence-corrected chi connectivity index (χ2v) is 4.92. The van der Waals surface area contributed by atoms with E-state index in [1.54, 1.807) is 6.07 Å². The van der Waals surface area contributed by atoms with Crippen LogP contribution in [-0.4, -0.2) is 41.5 Å². The lowest BCUT2D eigenvalue weighted by atomic mass is 10.4. The number of anilines is 1. The van der Waals surface area contributed by atoms with E-state index in [0.29, 0.717) is 11.1 Å². The lowest BCUT2D eigenvalue weighted by molar-refractivity contribution is 0.367. The van der Waals surface area contributed by atoms with Crippen LogP contribution in [0, 0.1) is 0 Å². The number of rotatable bonds is 6. The van der Waals surface area contributed by atoms with Crippen LogP contribution in [0.1, 0.15) is 31.5 Å². The van der Waals surface area contributed by atoms with Gasteiger partial charge in [-0.25, -0.2) is 9.97 Å². The molecule has 0 atom stereocenters. The Morgan fingerprint density at radius 1 is 1.47 bits per heavy atom. The van der Waals surface area contributed by atoms with Crippen molar-refractivity contribution in [3.63, 3.8) is 0 Å². The highest BCUT2D eigenvalue weighted by Crippen LogP contribution is 2.38. The molecule has 4 nitrogen and oxygen atoms in total. The summed E-state index contributed by atoms with van der Waals surface area (Å²) in [5.74, 6) is 2.27. The van der Waals surface area contributed by atoms with Crippen LogP contribution in [0.15, 0.2) is 6.07 Å². The van der Waals surface area contributed by atoms with Gasteiger partial charge in [-0.15, -0.1) is 0 Å². The van der Waals surface area contributed by atoms with Gasteiger partial charge in [0.05, 0.1) is 0 Å². The maximum Gasteiger partial charge on any atom is 0.135 e. The van der Waals surface area contributed by atoms with Gasteiger partial charge in [-0.1, -0.05) is 18.5 Å². The third-order valence-corrected chi connectivity index (χ3v) is 3.19. The Hall–Kier alpha value is -0.870. The molecule has 0 aromatic carbocycles. The smallest absolute Gasteiger partial charge is 0.135 e. The number of likely N-dealkylation sites (N-methyl/N-ethyl adjacent to an activating group) is 1. The minimum Gasteiger partial charge on any atom is -0.369 e. The fourth-order valence-electron chi connectivity index (χ4n) is 1.58. The van der Waals surface area contributed by atoms with Gasteiger partial charge < -0.3 is 10.2 Å². The fraction of sp³-hybridized carbons (Fsp3) is 0.667. The summed E-state index contributed by atoms with van der Waals surface area (Å²) in [7, 11) is 2.10. The molecule has 0 unspecified atom stereocenters. The number of aromatic nitrogens is 2. The largest absolute Gasteiger partial charge is 0.369 e. The highest BCUT2D eigenvalue weighted by Gasteiger charge is 2.27. The van der Waals surface area contributed by atoms with E-state index in [0.717, 1.165) is 31.3 Å². The second kappa shape index (κ2) is 5.65. The molecule has 1 aromatic rings. The zero-order valence-corrected chi connectivity index (χ0v) is 11.2. The average molecular weight is 255 g/mol. The Morgan fingerprint density at radius 3 is 2.88 bits per heavy atom. The molecule has 94 valence electrons. The molecular formula is C12H19ClN4. The molecule has 1 aromatic heterocycles. The molecule has 0 saturated heterocycles. The van der Waals surface area contributed by atoms with Gasteiger partial charge in [-0.2, -0.15) is 0 Å². The quantitative estimate of drug-likeness (QED) is 0.792. The van der Waals surface area contributed by atoms with E-state index in [9.17, 15) is 0 Å². The van der Waals surface area contributed by atoms with Gasteiger partial charge in [0.15, 0.2) is 0 Å². The summed E-state index contributed by atoms with van der Waals surface area (Å²) in [6, 6.07) is 1.79. The van der Waals surface area contributed by atoms with Crippen LogP contribution in [0.5, 0.6) is 0 Å². The van der Waals surface area contributed by atoms with Gasteiger partial charge in [-0.05, 0) is 26.4 Å². The van der Waals surface area contributed by atoms with E-state index in [4.69, 9.17) is 11.6 Å². The van der Waals surface area contributed by atoms with Crippen molar-refractivity contribution < 1.29 is 0 Å². The van der Waals surface area contributed by atoms with Crippen LogP contribution >= 0.6 is 11.6 Å². The van der Waals surface area contributed by atoms with Gasteiger partial charge in [-0.3, -0.25) is 0 Å². The van der Waals surface area contributed by atoms with E-state index < -0.39 is 0 Å². The first-order valence-electron chi connectivity index (χ1n) is 6.16. The van der Waals surface area contributed by atoms with Crippen LogP contribution in [0.25, 0.3) is 0 Å². The van der Waals surface area contributed by atoms with E-state index in [1.807, 2.05) is 0 Å². The summed E-state index contributed by atoms with van der Waals surface area (Å²) in [6.07, 6.45) is 2.39. The number of halogens is 1. The average Bonchev–Trinajstić information content (AvgIpc) is 3.12. The maximum absolute atomic E-state index is 5.99. The molecule has 0 amide bonds. The molecule has 1 aliphatic carbocycles. The number of hydrogen-bond acceptors (Lipinski definition) is 4. The third kappa shape index (κ3) is 3.82. The lowest BCUT2D eigenvalue weighted by Gasteiger charge is -2.14. The zero-order valence-electron chi connectivity index (χ0n) is 10.4. The highest BCUT2D eigenvalue weighted by atomic mass is 35.5. The molecule has 1 aliphatic rings. The van der Waals surface area contributed by atoms with Crippen LogP contribution in [0.4, 0.5) is 5.82 Å². The Balaban J connectivity index is 1.91. The molecule has 0 radical (unpaired) electrons. The molecule has 0 aliphatic heterocycles. The minimum atomic E-state index is 0.535. The summed E-state index contributed by atoms with van der Waals surface area (Å²) in [5, 5.41) is 3.83. The normalized spacial score (nSPS) is 15.3. The van der Waals surface area contributed by atoms with E-state index in [1.165, 1.54) is 12.8 Å². The molecule has 0 spiro atoms. The van der Waals surface area contributed by atoms with E-state index >= 15 is 0 Å². The topological polar surface area (TPSA) is 41.0 Å². The maximum atomic E-state index is 5.99. The number of nitrogens with one attached hydrogen (secondary N) is 1. The number of hydrogen-bond donors (Lipinski definition) is 1. The molecule has 2 rings (SSSR count). The monoisotopic (exact) mass is 254 g/mol. The first kappa shape index (κ1) is 12.6. The lowest BCUT2D eigenvalue weighted by Crippen LogP contribution is -2.25. The summed E-state index contributed by atoms with van der Waals surface area (Å²) in [5.41, 5.74) is 0. The summed E-state index contributed by atoms with van der Waals surface area (Å²) in [6.45, 7) is 5.07. The van der Waals surface area contributed by atoms with Crippen LogP contribution < -0.4 is 5.32 Å². The molecule has 1 saturated carbocycles. The molecule has 0 bridgehead atoms. The Labute approximate surface area is 107 Å². The summed E-state index contributed by atoms with van der Waals surface area (Å²) in [4.78, 5) is 11.0. The van der Waals surface area contributed by atoms with Gasteiger partial charge in [0, 0.05) is 25.1 Å². The van der Waals surface area contributed by atoms with Gasteiger partial charge >= 0.3 is 0 Å².